The molecule has 0 spiro atoms. The molecule has 6 aromatic carbocycles. The normalized spacial score (nSPS) is 11.8. The molecule has 0 aliphatic rings. The molecule has 0 saturated carbocycles. The molecule has 263 valence electrons. The molecule has 0 saturated heterocycles. The van der Waals surface area contributed by atoms with Crippen LogP contribution in [0.1, 0.15) is 27.9 Å². The maximum Gasteiger partial charge on any atom is 0.243 e. The van der Waals surface area contributed by atoms with E-state index in [4.69, 9.17) is 0 Å². The molecular formula is C40H34CuN8O3. The van der Waals surface area contributed by atoms with Gasteiger partial charge < -0.3 is 15.3 Å². The van der Waals surface area contributed by atoms with Gasteiger partial charge in [0.2, 0.25) is 5.88 Å². The average Bonchev–Trinajstić information content (AvgIpc) is 3.39. The van der Waals surface area contributed by atoms with Crippen LogP contribution in [0.2, 0.25) is 0 Å². The molecule has 7 aromatic rings. The molecule has 52 heavy (non-hydrogen) atoms. The summed E-state index contributed by atoms with van der Waals surface area (Å²) in [5.74, 6) is -0.357. The van der Waals surface area contributed by atoms with Gasteiger partial charge in [0.25, 0.3) is 0 Å². The van der Waals surface area contributed by atoms with E-state index in [1.54, 1.807) is 31.2 Å². The number of benzene rings is 6. The predicted octanol–water partition coefficient (Wildman–Crippen LogP) is 12.1. The number of phenolic OH excluding ortho intramolecular Hbond substituents is 2. The second-order valence-corrected chi connectivity index (χ2v) is 12.6. The molecule has 0 fully saturated rings. The largest absolute Gasteiger partial charge is 0.506 e. The number of hydrogen-bond donors (Lipinski definition) is 3. The van der Waals surface area contributed by atoms with E-state index in [2.05, 4.69) is 61.8 Å². The van der Waals surface area contributed by atoms with Crippen molar-refractivity contribution >= 4 is 55.7 Å². The zero-order valence-electron chi connectivity index (χ0n) is 29.0. The number of fused-ring (bicyclic) bond motifs is 2. The van der Waals surface area contributed by atoms with E-state index in [0.29, 0.717) is 39.4 Å². The Hall–Kier alpha value is -6.23. The smallest absolute Gasteiger partial charge is 0.243 e. The zero-order chi connectivity index (χ0) is 35.8. The standard InChI is InChI=1S/C40H34N8O3.Cu/c1-22-6-13-32(14-7-22)48-40(51)38(26(5)47-48)46-43-30-11-9-28-18-25(4)37(39(50)34(28)20-30)45-44-35-15-12-31(21-36(35)49)42-41-29-10-8-27-17-23(2)16-24(3)33(27)19-29;/h6-21,49-51H,1-5H3;. The van der Waals surface area contributed by atoms with Crippen LogP contribution < -0.4 is 0 Å². The minimum Gasteiger partial charge on any atom is -0.506 e. The first kappa shape index (κ1) is 35.6. The summed E-state index contributed by atoms with van der Waals surface area (Å²) in [6.07, 6.45) is 0. The molecule has 0 aliphatic carbocycles. The van der Waals surface area contributed by atoms with Gasteiger partial charge in [-0.3, -0.25) is 0 Å². The van der Waals surface area contributed by atoms with Gasteiger partial charge in [0.15, 0.2) is 11.4 Å². The Labute approximate surface area is 310 Å². The summed E-state index contributed by atoms with van der Waals surface area (Å²) in [5, 5.41) is 66.6. The van der Waals surface area contributed by atoms with Crippen molar-refractivity contribution < 1.29 is 32.4 Å². The van der Waals surface area contributed by atoms with Crippen molar-refractivity contribution in [3.8, 4) is 23.1 Å². The van der Waals surface area contributed by atoms with Crippen LogP contribution in [-0.4, -0.2) is 25.1 Å². The SMILES string of the molecule is Cc1ccc(-n2nc(C)c(N=Nc3ccc4cc(C)c(N=Nc5ccc(N=Nc6ccc7cc(C)cc(C)c7c6)cc5O)c(O)c4c3)c2O)cc1.[Cu]. The van der Waals surface area contributed by atoms with Gasteiger partial charge >= 0.3 is 0 Å². The van der Waals surface area contributed by atoms with E-state index < -0.39 is 0 Å². The quantitative estimate of drug-likeness (QED) is 0.110. The van der Waals surface area contributed by atoms with Crippen LogP contribution in [0.3, 0.4) is 0 Å². The third-order valence-electron chi connectivity index (χ3n) is 8.60. The van der Waals surface area contributed by atoms with E-state index >= 15 is 0 Å². The fraction of sp³-hybridized carbons (Fsp3) is 0.125. The number of hydrogen-bond acceptors (Lipinski definition) is 10. The molecule has 11 nitrogen and oxygen atoms in total. The zero-order valence-corrected chi connectivity index (χ0v) is 29.9. The number of azo groups is 3. The van der Waals surface area contributed by atoms with Gasteiger partial charge in [0.05, 0.1) is 28.4 Å². The van der Waals surface area contributed by atoms with Gasteiger partial charge in [-0.1, -0.05) is 47.5 Å². The Bertz CT molecular complexity index is 2580. The molecule has 3 N–H and O–H groups in total. The molecule has 0 unspecified atom stereocenters. The van der Waals surface area contributed by atoms with Crippen molar-refractivity contribution in [3.05, 3.63) is 125 Å². The van der Waals surface area contributed by atoms with Crippen molar-refractivity contribution in [1.29, 1.82) is 0 Å². The molecule has 12 heteroatoms. The number of aromatic nitrogens is 2. The molecule has 0 aliphatic heterocycles. The van der Waals surface area contributed by atoms with Crippen molar-refractivity contribution in [1.82, 2.24) is 9.78 Å². The minimum absolute atomic E-state index is 0. The topological polar surface area (TPSA) is 153 Å². The Morgan fingerprint density at radius 2 is 1.12 bits per heavy atom. The Morgan fingerprint density at radius 1 is 0.519 bits per heavy atom. The molecule has 1 radical (unpaired) electrons. The van der Waals surface area contributed by atoms with Gasteiger partial charge in [-0.15, -0.1) is 15.3 Å². The van der Waals surface area contributed by atoms with Gasteiger partial charge in [0, 0.05) is 28.5 Å². The first-order chi connectivity index (χ1) is 24.5. The third kappa shape index (κ3) is 7.16. The molecular weight excluding hydrogens is 704 g/mol. The molecule has 7 rings (SSSR count). The molecule has 0 atom stereocenters. The van der Waals surface area contributed by atoms with Gasteiger partial charge in [0.1, 0.15) is 17.1 Å². The first-order valence-electron chi connectivity index (χ1n) is 16.3. The van der Waals surface area contributed by atoms with E-state index in [0.717, 1.165) is 21.7 Å². The molecule has 0 amide bonds. The summed E-state index contributed by atoms with van der Waals surface area (Å²) in [6, 6.07) is 29.7. The van der Waals surface area contributed by atoms with Crippen molar-refractivity contribution in [2.75, 3.05) is 0 Å². The Balaban J connectivity index is 0.00000464. The number of phenols is 2. The summed E-state index contributed by atoms with van der Waals surface area (Å²) in [5.41, 5.74) is 7.65. The van der Waals surface area contributed by atoms with E-state index in [-0.39, 0.29) is 51.5 Å². The second-order valence-electron chi connectivity index (χ2n) is 12.6. The Kier molecular flexibility index (Phi) is 9.96. The van der Waals surface area contributed by atoms with Crippen LogP contribution in [0, 0.1) is 34.6 Å². The number of aromatic hydroxyl groups is 3. The van der Waals surface area contributed by atoms with Crippen LogP contribution in [0.15, 0.2) is 128 Å². The number of aryl methyl sites for hydroxylation is 5. The Morgan fingerprint density at radius 3 is 1.81 bits per heavy atom. The van der Waals surface area contributed by atoms with E-state index in [1.807, 2.05) is 68.4 Å². The first-order valence-corrected chi connectivity index (χ1v) is 16.3. The summed E-state index contributed by atoms with van der Waals surface area (Å²) in [4.78, 5) is 0. The maximum absolute atomic E-state index is 11.3. The van der Waals surface area contributed by atoms with E-state index in [9.17, 15) is 15.3 Å². The van der Waals surface area contributed by atoms with Crippen molar-refractivity contribution in [2.24, 2.45) is 30.7 Å². The van der Waals surface area contributed by atoms with E-state index in [1.165, 1.54) is 21.9 Å². The minimum atomic E-state index is -0.134. The molecule has 1 aromatic heterocycles. The van der Waals surface area contributed by atoms with Crippen LogP contribution in [-0.2, 0) is 17.1 Å². The van der Waals surface area contributed by atoms with Gasteiger partial charge in [-0.05, 0) is 117 Å². The second kappa shape index (κ2) is 14.6. The van der Waals surface area contributed by atoms with Gasteiger partial charge in [-0.2, -0.15) is 25.1 Å². The third-order valence-corrected chi connectivity index (χ3v) is 8.60. The molecule has 1 heterocycles. The number of nitrogens with zero attached hydrogens (tertiary/aromatic N) is 8. The van der Waals surface area contributed by atoms with Crippen LogP contribution in [0.4, 0.5) is 34.1 Å². The average molecular weight is 738 g/mol. The summed E-state index contributed by atoms with van der Waals surface area (Å²) < 4.78 is 1.41. The van der Waals surface area contributed by atoms with Crippen molar-refractivity contribution in [3.63, 3.8) is 0 Å². The summed E-state index contributed by atoms with van der Waals surface area (Å²) in [7, 11) is 0. The van der Waals surface area contributed by atoms with Crippen LogP contribution >= 0.6 is 0 Å². The number of rotatable bonds is 7. The van der Waals surface area contributed by atoms with Crippen molar-refractivity contribution in [2.45, 2.75) is 34.6 Å². The molecule has 0 bridgehead atoms. The fourth-order valence-electron chi connectivity index (χ4n) is 5.94. The predicted molar refractivity (Wildman–Crippen MR) is 199 cm³/mol. The van der Waals surface area contributed by atoms with Crippen LogP contribution in [0.25, 0.3) is 27.2 Å². The van der Waals surface area contributed by atoms with Crippen LogP contribution in [0.5, 0.6) is 17.4 Å². The maximum atomic E-state index is 11.3. The fourth-order valence-corrected chi connectivity index (χ4v) is 5.94. The monoisotopic (exact) mass is 737 g/mol. The summed E-state index contributed by atoms with van der Waals surface area (Å²) >= 11 is 0. The summed E-state index contributed by atoms with van der Waals surface area (Å²) in [6.45, 7) is 9.70. The van der Waals surface area contributed by atoms with Gasteiger partial charge in [-0.25, -0.2) is 0 Å².